The van der Waals surface area contributed by atoms with Gasteiger partial charge in [-0.3, -0.25) is 9.59 Å². The van der Waals surface area contributed by atoms with E-state index in [1.807, 2.05) is 24.3 Å². The second kappa shape index (κ2) is 9.09. The van der Waals surface area contributed by atoms with Crippen LogP contribution in [0, 0.1) is 0 Å². The largest absolute Gasteiger partial charge is 0.461 e. The first kappa shape index (κ1) is 20.7. The highest BCUT2D eigenvalue weighted by Crippen LogP contribution is 2.24. The van der Waals surface area contributed by atoms with Gasteiger partial charge in [-0.25, -0.2) is 9.78 Å². The zero-order chi connectivity index (χ0) is 21.8. The number of esters is 1. The van der Waals surface area contributed by atoms with E-state index in [1.165, 1.54) is 13.0 Å². The van der Waals surface area contributed by atoms with Crippen molar-refractivity contribution < 1.29 is 18.7 Å². The van der Waals surface area contributed by atoms with Crippen molar-refractivity contribution >= 4 is 50.1 Å². The smallest absolute Gasteiger partial charge is 0.336 e. The van der Waals surface area contributed by atoms with Crippen LogP contribution in [0.2, 0.25) is 0 Å². The summed E-state index contributed by atoms with van der Waals surface area (Å²) < 4.78 is 11.7. The second-order valence-electron chi connectivity index (χ2n) is 7.07. The molecule has 0 atom stereocenters. The minimum Gasteiger partial charge on any atom is -0.461 e. The van der Waals surface area contributed by atoms with Gasteiger partial charge in [0.15, 0.2) is 0 Å². The summed E-state index contributed by atoms with van der Waals surface area (Å²) >= 11 is 1.63. The summed E-state index contributed by atoms with van der Waals surface area (Å²) in [7, 11) is 0. The van der Waals surface area contributed by atoms with Gasteiger partial charge in [-0.15, -0.1) is 11.3 Å². The Bertz CT molecular complexity index is 1290. The lowest BCUT2D eigenvalue weighted by atomic mass is 10.1. The van der Waals surface area contributed by atoms with Crippen LogP contribution in [0.1, 0.15) is 30.3 Å². The van der Waals surface area contributed by atoms with Crippen LogP contribution in [0.3, 0.4) is 0 Å². The predicted octanol–water partition coefficient (Wildman–Crippen LogP) is 4.43. The summed E-state index contributed by atoms with van der Waals surface area (Å²) in [5.74, 6) is -0.560. The maximum atomic E-state index is 12.2. The number of nitrogens with one attached hydrogen (secondary N) is 1. The molecule has 0 bridgehead atoms. The van der Waals surface area contributed by atoms with E-state index in [2.05, 4.69) is 10.3 Å². The number of anilines is 1. The van der Waals surface area contributed by atoms with Crippen LogP contribution in [0.15, 0.2) is 57.7 Å². The SMILES string of the molecule is CC(=O)Nc1ccc2c(COC(=O)CCCc3nc4ccccc4s3)cc(=O)oc2c1. The molecule has 0 spiro atoms. The number of fused-ring (bicyclic) bond motifs is 2. The lowest BCUT2D eigenvalue weighted by Crippen LogP contribution is -2.08. The van der Waals surface area contributed by atoms with Gasteiger partial charge in [0.2, 0.25) is 5.91 Å². The third-order valence-electron chi connectivity index (χ3n) is 4.65. The Kier molecular flexibility index (Phi) is 6.08. The molecule has 0 unspecified atom stereocenters. The molecule has 0 radical (unpaired) electrons. The molecule has 0 aliphatic rings. The van der Waals surface area contributed by atoms with Gasteiger partial charge < -0.3 is 14.5 Å². The number of aryl methyl sites for hydroxylation is 1. The summed E-state index contributed by atoms with van der Waals surface area (Å²) in [5.41, 5.74) is 1.82. The number of aromatic nitrogens is 1. The number of amides is 1. The molecule has 0 aliphatic heterocycles. The molecular formula is C23H20N2O5S. The Morgan fingerprint density at radius 1 is 1.16 bits per heavy atom. The number of rotatable bonds is 7. The molecule has 0 saturated carbocycles. The van der Waals surface area contributed by atoms with Crippen LogP contribution < -0.4 is 10.9 Å². The normalized spacial score (nSPS) is 11.0. The summed E-state index contributed by atoms with van der Waals surface area (Å²) in [6, 6.07) is 14.3. The van der Waals surface area contributed by atoms with Gasteiger partial charge in [0.05, 0.1) is 15.2 Å². The summed E-state index contributed by atoms with van der Waals surface area (Å²) in [4.78, 5) is 39.9. The Morgan fingerprint density at radius 3 is 2.81 bits per heavy atom. The topological polar surface area (TPSA) is 98.5 Å². The highest BCUT2D eigenvalue weighted by Gasteiger charge is 2.11. The average molecular weight is 436 g/mol. The standard InChI is InChI=1S/C23H20N2O5S/c1-14(26)24-16-9-10-17-15(11-23(28)30-19(17)12-16)13-29-22(27)8-4-7-21-25-18-5-2-3-6-20(18)31-21/h2-3,5-6,9-12H,4,7-8,13H2,1H3,(H,24,26). The summed E-state index contributed by atoms with van der Waals surface area (Å²) in [6.45, 7) is 1.37. The van der Waals surface area contributed by atoms with Crippen LogP contribution in [0.25, 0.3) is 21.2 Å². The Hall–Kier alpha value is -3.52. The Morgan fingerprint density at radius 2 is 2.00 bits per heavy atom. The van der Waals surface area contributed by atoms with E-state index in [-0.39, 0.29) is 24.9 Å². The van der Waals surface area contributed by atoms with E-state index in [0.717, 1.165) is 15.2 Å². The van der Waals surface area contributed by atoms with Gasteiger partial charge in [0.1, 0.15) is 12.2 Å². The van der Waals surface area contributed by atoms with Crippen molar-refractivity contribution in [2.24, 2.45) is 0 Å². The van der Waals surface area contributed by atoms with Gasteiger partial charge in [-0.1, -0.05) is 12.1 Å². The van der Waals surface area contributed by atoms with Gasteiger partial charge >= 0.3 is 11.6 Å². The molecule has 158 valence electrons. The molecule has 8 heteroatoms. The molecule has 0 fully saturated rings. The molecule has 1 N–H and O–H groups in total. The summed E-state index contributed by atoms with van der Waals surface area (Å²) in [5, 5.41) is 4.29. The fourth-order valence-electron chi connectivity index (χ4n) is 3.27. The van der Waals surface area contributed by atoms with Crippen LogP contribution in [-0.2, 0) is 27.4 Å². The number of hydrogen-bond acceptors (Lipinski definition) is 7. The van der Waals surface area contributed by atoms with Crippen LogP contribution in [0.5, 0.6) is 0 Å². The minimum absolute atomic E-state index is 0.0262. The number of ether oxygens (including phenoxy) is 1. The number of nitrogens with zero attached hydrogens (tertiary/aromatic N) is 1. The lowest BCUT2D eigenvalue weighted by Gasteiger charge is -2.08. The van der Waals surface area contributed by atoms with E-state index in [9.17, 15) is 14.4 Å². The van der Waals surface area contributed by atoms with Crippen molar-refractivity contribution in [2.45, 2.75) is 32.8 Å². The molecule has 0 aliphatic carbocycles. The predicted molar refractivity (Wildman–Crippen MR) is 119 cm³/mol. The molecule has 4 aromatic rings. The van der Waals surface area contributed by atoms with E-state index in [4.69, 9.17) is 9.15 Å². The number of hydrogen-bond donors (Lipinski definition) is 1. The molecule has 2 aromatic carbocycles. The number of carbonyl (C=O) groups excluding carboxylic acids is 2. The quantitative estimate of drug-likeness (QED) is 0.340. The van der Waals surface area contributed by atoms with Crippen molar-refractivity contribution in [3.8, 4) is 0 Å². The van der Waals surface area contributed by atoms with E-state index < -0.39 is 5.63 Å². The highest BCUT2D eigenvalue weighted by atomic mass is 32.1. The molecule has 0 saturated heterocycles. The molecule has 7 nitrogen and oxygen atoms in total. The first-order chi connectivity index (χ1) is 15.0. The number of para-hydroxylation sites is 1. The van der Waals surface area contributed by atoms with Gasteiger partial charge in [0.25, 0.3) is 0 Å². The van der Waals surface area contributed by atoms with Gasteiger partial charge in [0, 0.05) is 42.1 Å². The zero-order valence-electron chi connectivity index (χ0n) is 16.8. The Balaban J connectivity index is 1.36. The first-order valence-corrected chi connectivity index (χ1v) is 10.6. The van der Waals surface area contributed by atoms with Crippen LogP contribution >= 0.6 is 11.3 Å². The number of benzene rings is 2. The molecule has 31 heavy (non-hydrogen) atoms. The second-order valence-corrected chi connectivity index (χ2v) is 8.19. The fraction of sp³-hybridized carbons (Fsp3) is 0.217. The first-order valence-electron chi connectivity index (χ1n) is 9.82. The lowest BCUT2D eigenvalue weighted by molar-refractivity contribution is -0.145. The third-order valence-corrected chi connectivity index (χ3v) is 5.75. The molecular weight excluding hydrogens is 416 g/mol. The van der Waals surface area contributed by atoms with E-state index in [0.29, 0.717) is 35.1 Å². The highest BCUT2D eigenvalue weighted by molar-refractivity contribution is 7.18. The number of thiazole rings is 1. The zero-order valence-corrected chi connectivity index (χ0v) is 17.7. The van der Waals surface area contributed by atoms with E-state index in [1.54, 1.807) is 29.5 Å². The monoisotopic (exact) mass is 436 g/mol. The van der Waals surface area contributed by atoms with Gasteiger partial charge in [-0.2, -0.15) is 0 Å². The molecule has 4 rings (SSSR count). The van der Waals surface area contributed by atoms with Crippen molar-refractivity contribution in [2.75, 3.05) is 5.32 Å². The van der Waals surface area contributed by atoms with E-state index >= 15 is 0 Å². The maximum absolute atomic E-state index is 12.2. The molecule has 2 heterocycles. The van der Waals surface area contributed by atoms with Gasteiger partial charge in [-0.05, 0) is 37.1 Å². The Labute approximate surface area is 181 Å². The van der Waals surface area contributed by atoms with Crippen molar-refractivity contribution in [1.82, 2.24) is 4.98 Å². The molecule has 1 amide bonds. The average Bonchev–Trinajstić information content (AvgIpc) is 3.14. The summed E-state index contributed by atoms with van der Waals surface area (Å²) in [6.07, 6.45) is 1.61. The number of carbonyl (C=O) groups is 2. The maximum Gasteiger partial charge on any atom is 0.336 e. The van der Waals surface area contributed by atoms with Crippen molar-refractivity contribution in [3.05, 3.63) is 69.5 Å². The molecule has 2 aromatic heterocycles. The van der Waals surface area contributed by atoms with Crippen molar-refractivity contribution in [3.63, 3.8) is 0 Å². The fourth-order valence-corrected chi connectivity index (χ4v) is 4.28. The van der Waals surface area contributed by atoms with Crippen LogP contribution in [0.4, 0.5) is 5.69 Å². The van der Waals surface area contributed by atoms with Crippen LogP contribution in [-0.4, -0.2) is 16.9 Å². The van der Waals surface area contributed by atoms with Crippen molar-refractivity contribution in [1.29, 1.82) is 0 Å². The minimum atomic E-state index is -0.547. The third kappa shape index (κ3) is 5.16.